The zero-order valence-corrected chi connectivity index (χ0v) is 28.5. The van der Waals surface area contributed by atoms with Crippen LogP contribution >= 0.6 is 23.2 Å². The van der Waals surface area contributed by atoms with Crippen molar-refractivity contribution < 1.29 is 62.0 Å². The molecule has 48 heavy (non-hydrogen) atoms. The summed E-state index contributed by atoms with van der Waals surface area (Å²) in [4.78, 5) is 0. The van der Waals surface area contributed by atoms with E-state index in [0.717, 1.165) is 36.1 Å². The molecule has 0 spiro atoms. The van der Waals surface area contributed by atoms with E-state index >= 15 is 0 Å². The topological polar surface area (TPSA) is 216 Å². The maximum Gasteiger partial charge on any atom is 0.394 e. The highest BCUT2D eigenvalue weighted by Gasteiger charge is 2.22. The van der Waals surface area contributed by atoms with E-state index < -0.39 is 16.5 Å². The Morgan fingerprint density at radius 1 is 0.854 bits per heavy atom. The van der Waals surface area contributed by atoms with E-state index in [1.54, 1.807) is 37.4 Å². The Kier molecular flexibility index (Phi) is 24.8. The van der Waals surface area contributed by atoms with Gasteiger partial charge in [-0.15, -0.1) is 29.8 Å². The van der Waals surface area contributed by atoms with Crippen LogP contribution in [0, 0.1) is 0 Å². The highest BCUT2D eigenvalue weighted by Crippen LogP contribution is 2.29. The summed E-state index contributed by atoms with van der Waals surface area (Å²) < 4.78 is 51.5. The van der Waals surface area contributed by atoms with Crippen LogP contribution in [-0.2, 0) is 34.4 Å². The van der Waals surface area contributed by atoms with Gasteiger partial charge in [0.2, 0.25) is 0 Å². The minimum atomic E-state index is -4.67. The van der Waals surface area contributed by atoms with E-state index in [9.17, 15) is 20.4 Å². The third-order valence-electron chi connectivity index (χ3n) is 5.66. The summed E-state index contributed by atoms with van der Waals surface area (Å²) in [5.74, 6) is 1.82. The normalized spacial score (nSPS) is 13.0. The Balaban J connectivity index is 0. The largest absolute Gasteiger partial charge is 0.504 e. The van der Waals surface area contributed by atoms with Gasteiger partial charge in [-0.2, -0.15) is 8.42 Å². The van der Waals surface area contributed by atoms with E-state index in [2.05, 4.69) is 6.58 Å². The van der Waals surface area contributed by atoms with Crippen LogP contribution in [-0.4, -0.2) is 95.1 Å². The molecule has 0 aliphatic carbocycles. The molecule has 1 aliphatic rings. The molecule has 272 valence electrons. The number of allylic oxidation sites excluding steroid dienone is 1. The van der Waals surface area contributed by atoms with Crippen molar-refractivity contribution in [3.8, 4) is 34.5 Å². The second-order valence-corrected chi connectivity index (χ2v) is 11.0. The minimum absolute atomic E-state index is 0. The van der Waals surface area contributed by atoms with Gasteiger partial charge in [-0.05, 0) is 59.5 Å². The van der Waals surface area contributed by atoms with E-state index in [4.69, 9.17) is 64.8 Å². The van der Waals surface area contributed by atoms with Gasteiger partial charge in [0.25, 0.3) is 0 Å². The number of aliphatic hydroxyl groups is 2. The van der Waals surface area contributed by atoms with Gasteiger partial charge < -0.3 is 44.5 Å². The van der Waals surface area contributed by atoms with E-state index in [1.807, 2.05) is 24.3 Å². The van der Waals surface area contributed by atoms with Crippen molar-refractivity contribution in [2.75, 3.05) is 39.9 Å². The Morgan fingerprint density at radius 2 is 1.21 bits per heavy atom. The number of hydrogen-bond donors (Lipinski definition) is 7. The first-order valence-electron chi connectivity index (χ1n) is 13.6. The highest BCUT2D eigenvalue weighted by atomic mass is 35.5. The molecular formula is C32H46Cl2O13S. The number of rotatable bonds is 10. The van der Waals surface area contributed by atoms with Crippen LogP contribution < -0.4 is 14.2 Å². The first kappa shape index (κ1) is 46.6. The van der Waals surface area contributed by atoms with Gasteiger partial charge in [0.05, 0.1) is 52.1 Å². The summed E-state index contributed by atoms with van der Waals surface area (Å²) >= 11 is 9.53. The summed E-state index contributed by atoms with van der Waals surface area (Å²) in [6.07, 6.45) is 3.44. The number of methoxy groups -OCH3 is 3. The van der Waals surface area contributed by atoms with Crippen LogP contribution in [0.5, 0.6) is 34.5 Å². The molecule has 0 amide bonds. The summed E-state index contributed by atoms with van der Waals surface area (Å²) in [5, 5.41) is 45.9. The highest BCUT2D eigenvalue weighted by molar-refractivity contribution is 7.79. The van der Waals surface area contributed by atoms with Gasteiger partial charge in [0, 0.05) is 12.8 Å². The fourth-order valence-corrected chi connectivity index (χ4v) is 3.50. The molecule has 7 N–H and O–H groups in total. The van der Waals surface area contributed by atoms with Crippen LogP contribution in [0.2, 0.25) is 0 Å². The van der Waals surface area contributed by atoms with Gasteiger partial charge in [-0.1, -0.05) is 31.7 Å². The number of phenols is 3. The van der Waals surface area contributed by atoms with Crippen LogP contribution in [0.3, 0.4) is 0 Å². The average molecular weight is 742 g/mol. The first-order valence-corrected chi connectivity index (χ1v) is 16.0. The third-order valence-corrected chi connectivity index (χ3v) is 5.66. The molecule has 0 aromatic heterocycles. The van der Waals surface area contributed by atoms with Gasteiger partial charge in [-0.25, -0.2) is 0 Å². The molecule has 1 heterocycles. The van der Waals surface area contributed by atoms with Crippen LogP contribution in [0.4, 0.5) is 0 Å². The lowest BCUT2D eigenvalue weighted by molar-refractivity contribution is 0.0954. The van der Waals surface area contributed by atoms with Gasteiger partial charge in [0.1, 0.15) is 0 Å². The number of epoxide rings is 1. The molecule has 2 atom stereocenters. The quantitative estimate of drug-likeness (QED) is 0.0619. The first-order chi connectivity index (χ1) is 22.1. The van der Waals surface area contributed by atoms with Crippen molar-refractivity contribution >= 4 is 33.6 Å². The fraction of sp³-hybridized carbons (Fsp3) is 0.375. The standard InChI is InChI=1S/C10H14O4.C10H12O3.C10H12O2.CH2Cl2.CH4.H2O4S/c1-14-10-5-7(2-3-9(10)13)4-8(12)6-11;1-12-10-5-7(2-3-9(10)11)4-8-6-13-8;1-3-4-8-5-6-9(11)10(7-8)12-2;2-1-3;;1-5(2,3)4/h2-3,5,8,11-13H,4,6H2,1H3;2-3,5,8,11H,4,6H2,1H3;3,5-7,11H,1,4H2,2H3;1H2;1H4;(H2,1,2,3,4). The van der Waals surface area contributed by atoms with Crippen molar-refractivity contribution in [2.45, 2.75) is 38.9 Å². The number of aliphatic hydroxyl groups excluding tert-OH is 2. The minimum Gasteiger partial charge on any atom is -0.504 e. The van der Waals surface area contributed by atoms with Crippen molar-refractivity contribution in [2.24, 2.45) is 0 Å². The lowest BCUT2D eigenvalue weighted by Gasteiger charge is -2.09. The SMILES string of the molecule is C.C=CCc1ccc(O)c(OC)c1.COc1cc(CC(O)CO)ccc1O.COc1cc(CC2CO2)ccc1O.ClCCl.O=S(=O)(O)O. The maximum atomic E-state index is 9.33. The summed E-state index contributed by atoms with van der Waals surface area (Å²) in [6, 6.07) is 15.5. The summed E-state index contributed by atoms with van der Waals surface area (Å²) in [5.41, 5.74) is 3.03. The lowest BCUT2D eigenvalue weighted by Crippen LogP contribution is -2.14. The summed E-state index contributed by atoms with van der Waals surface area (Å²) in [7, 11) is -0.124. The number of benzene rings is 3. The van der Waals surface area contributed by atoms with E-state index in [-0.39, 0.29) is 36.6 Å². The van der Waals surface area contributed by atoms with Crippen molar-refractivity contribution in [1.29, 1.82) is 0 Å². The van der Waals surface area contributed by atoms with Crippen molar-refractivity contribution in [3.05, 3.63) is 83.9 Å². The van der Waals surface area contributed by atoms with E-state index in [1.165, 1.54) is 20.3 Å². The molecule has 1 aliphatic heterocycles. The predicted octanol–water partition coefficient (Wildman–Crippen LogP) is 5.17. The third kappa shape index (κ3) is 22.2. The molecule has 0 bridgehead atoms. The average Bonchev–Trinajstić information content (AvgIpc) is 3.84. The Hall–Kier alpha value is -3.47. The fourth-order valence-electron chi connectivity index (χ4n) is 3.50. The molecule has 0 saturated carbocycles. The van der Waals surface area contributed by atoms with Gasteiger partial charge >= 0.3 is 10.4 Å². The number of halogens is 2. The maximum absolute atomic E-state index is 9.33. The molecule has 4 rings (SSSR count). The number of alkyl halides is 2. The van der Waals surface area contributed by atoms with Gasteiger partial charge in [-0.3, -0.25) is 9.11 Å². The molecule has 3 aromatic rings. The monoisotopic (exact) mass is 740 g/mol. The van der Waals surface area contributed by atoms with Crippen LogP contribution in [0.25, 0.3) is 0 Å². The van der Waals surface area contributed by atoms with Crippen molar-refractivity contribution in [3.63, 3.8) is 0 Å². The Bertz CT molecular complexity index is 1430. The molecule has 2 unspecified atom stereocenters. The van der Waals surface area contributed by atoms with E-state index in [0.29, 0.717) is 29.8 Å². The number of hydrogen-bond acceptors (Lipinski definition) is 11. The smallest absolute Gasteiger partial charge is 0.394 e. The Labute approximate surface area is 292 Å². The molecule has 13 nitrogen and oxygen atoms in total. The molecule has 0 radical (unpaired) electrons. The van der Waals surface area contributed by atoms with Gasteiger partial charge in [0.15, 0.2) is 34.5 Å². The van der Waals surface area contributed by atoms with Crippen LogP contribution in [0.15, 0.2) is 67.3 Å². The molecular weight excluding hydrogens is 695 g/mol. The number of phenolic OH excluding ortho intramolecular Hbond substituents is 3. The number of ether oxygens (including phenoxy) is 4. The molecule has 16 heteroatoms. The molecule has 1 saturated heterocycles. The zero-order chi connectivity index (χ0) is 36.0. The predicted molar refractivity (Wildman–Crippen MR) is 186 cm³/mol. The number of aromatic hydroxyl groups is 3. The zero-order valence-electron chi connectivity index (χ0n) is 26.1. The lowest BCUT2D eigenvalue weighted by atomic mass is 10.1. The van der Waals surface area contributed by atoms with Crippen molar-refractivity contribution in [1.82, 2.24) is 0 Å². The second-order valence-electron chi connectivity index (χ2n) is 9.26. The molecule has 3 aromatic carbocycles. The molecule has 1 fully saturated rings. The Morgan fingerprint density at radius 3 is 1.56 bits per heavy atom. The summed E-state index contributed by atoms with van der Waals surface area (Å²) in [6.45, 7) is 4.21. The van der Waals surface area contributed by atoms with Crippen LogP contribution in [0.1, 0.15) is 24.1 Å². The second kappa shape index (κ2) is 25.5.